The van der Waals surface area contributed by atoms with E-state index in [2.05, 4.69) is 44.1 Å². The number of esters is 2. The van der Waals surface area contributed by atoms with Crippen LogP contribution in [0.2, 0.25) is 0 Å². The van der Waals surface area contributed by atoms with Crippen LogP contribution in [0.1, 0.15) is 142 Å². The van der Waals surface area contributed by atoms with Crippen molar-refractivity contribution in [2.75, 3.05) is 39.6 Å². The summed E-state index contributed by atoms with van der Waals surface area (Å²) in [5.41, 5.74) is 0. The van der Waals surface area contributed by atoms with Gasteiger partial charge in [-0.25, -0.2) is 9.13 Å². The van der Waals surface area contributed by atoms with Gasteiger partial charge in [-0.1, -0.05) is 146 Å². The molecular weight excluding hydrogens is 794 g/mol. The molecule has 15 nitrogen and oxygen atoms in total. The van der Waals surface area contributed by atoms with Crippen molar-refractivity contribution in [1.82, 2.24) is 0 Å². The molecule has 0 saturated carbocycles. The Balaban J connectivity index is 3.97. The Kier molecular flexibility index (Phi) is 36.7. The highest BCUT2D eigenvalue weighted by molar-refractivity contribution is 7.47. The Morgan fingerprint density at radius 2 is 0.793 bits per heavy atom. The van der Waals surface area contributed by atoms with E-state index in [1.165, 1.54) is 44.9 Å². The molecule has 0 radical (unpaired) electrons. The molecule has 0 spiro atoms. The van der Waals surface area contributed by atoms with Gasteiger partial charge in [0, 0.05) is 12.8 Å². The van der Waals surface area contributed by atoms with E-state index in [1.807, 2.05) is 36.5 Å². The largest absolute Gasteiger partial charge is 0.472 e. The zero-order valence-corrected chi connectivity index (χ0v) is 36.7. The molecular formula is C41H74O15P2. The van der Waals surface area contributed by atoms with Crippen LogP contribution in [0.5, 0.6) is 0 Å². The second-order valence-electron chi connectivity index (χ2n) is 14.1. The van der Waals surface area contributed by atoms with E-state index in [0.717, 1.165) is 57.8 Å². The minimum atomic E-state index is -4.79. The van der Waals surface area contributed by atoms with Gasteiger partial charge in [0.2, 0.25) is 0 Å². The zero-order chi connectivity index (χ0) is 43.2. The number of aliphatic hydroxyl groups excluding tert-OH is 3. The molecule has 0 aliphatic carbocycles. The van der Waals surface area contributed by atoms with Crippen molar-refractivity contribution in [2.45, 2.75) is 161 Å². The number of ether oxygens (including phenoxy) is 2. The zero-order valence-electron chi connectivity index (χ0n) is 34.9. The van der Waals surface area contributed by atoms with Crippen molar-refractivity contribution >= 4 is 27.6 Å². The van der Waals surface area contributed by atoms with Crippen molar-refractivity contribution in [3.05, 3.63) is 48.6 Å². The van der Waals surface area contributed by atoms with Gasteiger partial charge in [-0.2, -0.15) is 0 Å². The van der Waals surface area contributed by atoms with Crippen molar-refractivity contribution in [3.8, 4) is 0 Å². The number of aliphatic hydroxyl groups is 3. The van der Waals surface area contributed by atoms with Crippen LogP contribution in [0.15, 0.2) is 48.6 Å². The van der Waals surface area contributed by atoms with Gasteiger partial charge in [-0.05, 0) is 32.1 Å². The number of phosphoric ester groups is 2. The van der Waals surface area contributed by atoms with Crippen molar-refractivity contribution in [2.24, 2.45) is 0 Å². The lowest BCUT2D eigenvalue weighted by atomic mass is 10.1. The van der Waals surface area contributed by atoms with Gasteiger partial charge in [-0.15, -0.1) is 0 Å². The smallest absolute Gasteiger partial charge is 0.463 e. The molecule has 5 unspecified atom stereocenters. The summed E-state index contributed by atoms with van der Waals surface area (Å²) in [6, 6.07) is 0. The SMILES string of the molecule is CC/C=C/C=C/C=C/C=C\CCCCCCCC(=O)OCC(O)COP(=O)(O)OCC(O)COP(=O)(O)OCC(O)COC(=O)CCCCCCCCCCCCC. The van der Waals surface area contributed by atoms with E-state index in [9.17, 15) is 43.8 Å². The third kappa shape index (κ3) is 39.5. The lowest BCUT2D eigenvalue weighted by Crippen LogP contribution is -2.25. The first-order chi connectivity index (χ1) is 27.8. The summed E-state index contributed by atoms with van der Waals surface area (Å²) in [6.45, 7) is 0.215. The fraction of sp³-hybridized carbons (Fsp3) is 0.756. The number of unbranched alkanes of at least 4 members (excludes halogenated alkanes) is 15. The highest BCUT2D eigenvalue weighted by atomic mass is 31.2. The van der Waals surface area contributed by atoms with Gasteiger partial charge < -0.3 is 34.6 Å². The predicted molar refractivity (Wildman–Crippen MR) is 224 cm³/mol. The van der Waals surface area contributed by atoms with Gasteiger partial charge >= 0.3 is 27.6 Å². The fourth-order valence-corrected chi connectivity index (χ4v) is 6.69. The van der Waals surface area contributed by atoms with Gasteiger partial charge in [0.25, 0.3) is 0 Å². The number of carbonyl (C=O) groups is 2. The van der Waals surface area contributed by atoms with Crippen LogP contribution >= 0.6 is 15.6 Å². The van der Waals surface area contributed by atoms with Crippen LogP contribution in [0.3, 0.4) is 0 Å². The van der Waals surface area contributed by atoms with Crippen LogP contribution in [-0.2, 0) is 46.3 Å². The van der Waals surface area contributed by atoms with E-state index in [4.69, 9.17) is 9.47 Å². The minimum Gasteiger partial charge on any atom is -0.463 e. The first kappa shape index (κ1) is 56.0. The van der Waals surface area contributed by atoms with Gasteiger partial charge in [0.1, 0.15) is 31.5 Å². The van der Waals surface area contributed by atoms with Crippen LogP contribution in [0.4, 0.5) is 0 Å². The average molecular weight is 869 g/mol. The molecule has 0 aromatic heterocycles. The predicted octanol–water partition coefficient (Wildman–Crippen LogP) is 8.49. The molecule has 0 aliphatic rings. The van der Waals surface area contributed by atoms with E-state index in [-0.39, 0.29) is 12.8 Å². The number of hydrogen-bond donors (Lipinski definition) is 5. The Labute approximate surface area is 347 Å². The summed E-state index contributed by atoms with van der Waals surface area (Å²) in [7, 11) is -9.56. The number of phosphoric acid groups is 2. The van der Waals surface area contributed by atoms with Crippen LogP contribution < -0.4 is 0 Å². The van der Waals surface area contributed by atoms with E-state index >= 15 is 0 Å². The van der Waals surface area contributed by atoms with Gasteiger partial charge in [-0.3, -0.25) is 27.7 Å². The summed E-state index contributed by atoms with van der Waals surface area (Å²) < 4.78 is 52.8. The molecule has 58 heavy (non-hydrogen) atoms. The second kappa shape index (κ2) is 38.0. The summed E-state index contributed by atoms with van der Waals surface area (Å²) in [5.74, 6) is -1.02. The monoisotopic (exact) mass is 868 g/mol. The minimum absolute atomic E-state index is 0.169. The second-order valence-corrected chi connectivity index (χ2v) is 17.0. The summed E-state index contributed by atoms with van der Waals surface area (Å²) in [6.07, 6.45) is 31.1. The maximum absolute atomic E-state index is 12.1. The molecule has 5 N–H and O–H groups in total. The fourth-order valence-electron chi connectivity index (χ4n) is 5.10. The lowest BCUT2D eigenvalue weighted by Gasteiger charge is -2.19. The molecule has 0 aliphatic heterocycles. The Morgan fingerprint density at radius 3 is 1.19 bits per heavy atom. The third-order valence-corrected chi connectivity index (χ3v) is 10.3. The molecule has 5 atom stereocenters. The van der Waals surface area contributed by atoms with E-state index in [0.29, 0.717) is 12.8 Å². The first-order valence-electron chi connectivity index (χ1n) is 21.0. The molecule has 0 aromatic rings. The summed E-state index contributed by atoms with van der Waals surface area (Å²) in [5, 5.41) is 29.9. The molecule has 0 aromatic carbocycles. The third-order valence-electron chi connectivity index (χ3n) is 8.39. The number of allylic oxidation sites excluding steroid dienone is 8. The van der Waals surface area contributed by atoms with Crippen molar-refractivity contribution < 1.29 is 71.4 Å². The first-order valence-corrected chi connectivity index (χ1v) is 24.0. The van der Waals surface area contributed by atoms with Crippen molar-refractivity contribution in [1.29, 1.82) is 0 Å². The molecule has 338 valence electrons. The molecule has 0 saturated heterocycles. The van der Waals surface area contributed by atoms with Gasteiger partial charge in [0.05, 0.1) is 26.4 Å². The summed E-state index contributed by atoms with van der Waals surface area (Å²) in [4.78, 5) is 43.5. The Hall–Kier alpha value is -2.00. The number of rotatable bonds is 40. The molecule has 0 amide bonds. The number of carbonyl (C=O) groups excluding carboxylic acids is 2. The van der Waals surface area contributed by atoms with Gasteiger partial charge in [0.15, 0.2) is 0 Å². The number of hydrogen-bond acceptors (Lipinski definition) is 13. The highest BCUT2D eigenvalue weighted by Crippen LogP contribution is 2.45. The Bertz CT molecular complexity index is 1240. The molecule has 0 bridgehead atoms. The maximum atomic E-state index is 12.1. The average Bonchev–Trinajstić information content (AvgIpc) is 3.19. The lowest BCUT2D eigenvalue weighted by molar-refractivity contribution is -0.148. The highest BCUT2D eigenvalue weighted by Gasteiger charge is 2.28. The van der Waals surface area contributed by atoms with Crippen LogP contribution in [0, 0.1) is 0 Å². The topological polar surface area (TPSA) is 225 Å². The maximum Gasteiger partial charge on any atom is 0.472 e. The van der Waals surface area contributed by atoms with Crippen LogP contribution in [-0.4, -0.2) is 95.0 Å². The van der Waals surface area contributed by atoms with Crippen LogP contribution in [0.25, 0.3) is 0 Å². The van der Waals surface area contributed by atoms with E-state index < -0.39 is 85.5 Å². The van der Waals surface area contributed by atoms with E-state index in [1.54, 1.807) is 0 Å². The molecule has 0 fully saturated rings. The molecule has 0 heterocycles. The molecule has 0 rings (SSSR count). The summed E-state index contributed by atoms with van der Waals surface area (Å²) >= 11 is 0. The Morgan fingerprint density at radius 1 is 0.466 bits per heavy atom. The van der Waals surface area contributed by atoms with Crippen molar-refractivity contribution in [3.63, 3.8) is 0 Å². The quantitative estimate of drug-likeness (QED) is 0.0168. The standard InChI is InChI=1S/C41H74O15P2/c1-3-5-7-9-11-13-15-16-17-18-20-22-24-26-28-30-41(46)52-32-38(43)34-54-58(49,50)56-36-39(44)35-55-57(47,48)53-33-37(42)31-51-40(45)29-27-25-23-21-19-14-12-10-8-6-4-2/h5,7,9,11,13,15-17,37-39,42-44H,3-4,6,8,10,12,14,18-36H2,1-2H3,(H,47,48)(H,49,50)/b7-5+,11-9+,15-13+,17-16-. The normalized spacial score (nSPS) is 15.9. The molecule has 17 heteroatoms.